The van der Waals surface area contributed by atoms with Gasteiger partial charge in [0, 0.05) is 25.4 Å². The average Bonchev–Trinajstić information content (AvgIpc) is 2.35. The van der Waals surface area contributed by atoms with Crippen molar-refractivity contribution in [1.82, 2.24) is 10.6 Å². The lowest BCUT2D eigenvalue weighted by molar-refractivity contribution is -0.133. The maximum Gasteiger partial charge on any atom is 0.223 e. The lowest BCUT2D eigenvalue weighted by atomic mass is 9.94. The maximum atomic E-state index is 11.8. The van der Waals surface area contributed by atoms with Gasteiger partial charge in [0.1, 0.15) is 0 Å². The second-order valence-corrected chi connectivity index (χ2v) is 4.69. The predicted octanol–water partition coefficient (Wildman–Crippen LogP) is 0.180. The van der Waals surface area contributed by atoms with Crippen LogP contribution in [-0.2, 0) is 9.59 Å². The SMILES string of the molecule is CCC(O)(CC)CNC(=O)C1CCNC(=O)C1. The van der Waals surface area contributed by atoms with Gasteiger partial charge in [-0.2, -0.15) is 0 Å². The van der Waals surface area contributed by atoms with Gasteiger partial charge in [0.05, 0.1) is 5.60 Å². The summed E-state index contributed by atoms with van der Waals surface area (Å²) in [6, 6.07) is 0. The van der Waals surface area contributed by atoms with Crippen molar-refractivity contribution in [3.63, 3.8) is 0 Å². The Morgan fingerprint density at radius 1 is 1.53 bits per heavy atom. The number of hydrogen-bond acceptors (Lipinski definition) is 3. The Hall–Kier alpha value is -1.10. The Kier molecular flexibility index (Phi) is 4.93. The predicted molar refractivity (Wildman–Crippen MR) is 64.3 cm³/mol. The molecule has 17 heavy (non-hydrogen) atoms. The van der Waals surface area contributed by atoms with Crippen LogP contribution in [0, 0.1) is 5.92 Å². The zero-order valence-corrected chi connectivity index (χ0v) is 10.6. The Balaban J connectivity index is 2.41. The molecule has 3 N–H and O–H groups in total. The fraction of sp³-hybridized carbons (Fsp3) is 0.833. The third-order valence-corrected chi connectivity index (χ3v) is 3.53. The number of piperidine rings is 1. The molecule has 0 bridgehead atoms. The minimum absolute atomic E-state index is 0.0716. The molecule has 0 aromatic carbocycles. The smallest absolute Gasteiger partial charge is 0.223 e. The van der Waals surface area contributed by atoms with Gasteiger partial charge >= 0.3 is 0 Å². The van der Waals surface area contributed by atoms with Crippen molar-refractivity contribution in [2.75, 3.05) is 13.1 Å². The van der Waals surface area contributed by atoms with Crippen LogP contribution in [0.2, 0.25) is 0 Å². The summed E-state index contributed by atoms with van der Waals surface area (Å²) in [4.78, 5) is 23.0. The fourth-order valence-corrected chi connectivity index (χ4v) is 1.90. The van der Waals surface area contributed by atoms with Crippen molar-refractivity contribution in [3.05, 3.63) is 0 Å². The van der Waals surface area contributed by atoms with Gasteiger partial charge in [-0.15, -0.1) is 0 Å². The molecule has 0 spiro atoms. The molecule has 2 amide bonds. The van der Waals surface area contributed by atoms with E-state index in [1.165, 1.54) is 0 Å². The van der Waals surface area contributed by atoms with Gasteiger partial charge in [-0.1, -0.05) is 13.8 Å². The highest BCUT2D eigenvalue weighted by atomic mass is 16.3. The maximum absolute atomic E-state index is 11.8. The first-order valence-corrected chi connectivity index (χ1v) is 6.27. The Bertz CT molecular complexity index is 287. The summed E-state index contributed by atoms with van der Waals surface area (Å²) < 4.78 is 0. The van der Waals surface area contributed by atoms with Crippen molar-refractivity contribution in [2.45, 2.75) is 45.1 Å². The third kappa shape index (κ3) is 4.00. The molecule has 5 nitrogen and oxygen atoms in total. The first-order chi connectivity index (χ1) is 8.00. The quantitative estimate of drug-likeness (QED) is 0.643. The molecule has 0 aliphatic carbocycles. The first-order valence-electron chi connectivity index (χ1n) is 6.27. The van der Waals surface area contributed by atoms with Crippen LogP contribution in [0.15, 0.2) is 0 Å². The first kappa shape index (κ1) is 14.0. The van der Waals surface area contributed by atoms with Crippen molar-refractivity contribution in [1.29, 1.82) is 0 Å². The van der Waals surface area contributed by atoms with E-state index in [4.69, 9.17) is 0 Å². The molecule has 5 heteroatoms. The van der Waals surface area contributed by atoms with Crippen molar-refractivity contribution in [3.8, 4) is 0 Å². The van der Waals surface area contributed by atoms with Crippen LogP contribution in [0.25, 0.3) is 0 Å². The average molecular weight is 242 g/mol. The van der Waals surface area contributed by atoms with Gasteiger partial charge in [-0.3, -0.25) is 9.59 Å². The Labute approximate surface area is 102 Å². The Morgan fingerprint density at radius 2 is 2.18 bits per heavy atom. The normalized spacial score (nSPS) is 20.9. The zero-order valence-electron chi connectivity index (χ0n) is 10.6. The lowest BCUT2D eigenvalue weighted by Gasteiger charge is -2.27. The molecule has 1 atom stereocenters. The molecule has 1 rings (SSSR count). The molecule has 1 heterocycles. The topological polar surface area (TPSA) is 78.4 Å². The number of amides is 2. The minimum atomic E-state index is -0.827. The lowest BCUT2D eigenvalue weighted by Crippen LogP contribution is -2.46. The fourth-order valence-electron chi connectivity index (χ4n) is 1.90. The molecule has 0 aromatic rings. The second kappa shape index (κ2) is 6.00. The minimum Gasteiger partial charge on any atom is -0.388 e. The van der Waals surface area contributed by atoms with Gasteiger partial charge in [-0.05, 0) is 19.3 Å². The molecule has 1 aliphatic rings. The molecule has 0 aromatic heterocycles. The van der Waals surface area contributed by atoms with Crippen LogP contribution in [0.1, 0.15) is 39.5 Å². The zero-order chi connectivity index (χ0) is 12.9. The van der Waals surface area contributed by atoms with Crippen LogP contribution in [-0.4, -0.2) is 35.6 Å². The van der Waals surface area contributed by atoms with E-state index < -0.39 is 5.60 Å². The number of hydrogen-bond donors (Lipinski definition) is 3. The van der Waals surface area contributed by atoms with E-state index in [-0.39, 0.29) is 30.7 Å². The van der Waals surface area contributed by atoms with Crippen LogP contribution in [0.4, 0.5) is 0 Å². The Morgan fingerprint density at radius 3 is 2.71 bits per heavy atom. The summed E-state index contributed by atoms with van der Waals surface area (Å²) in [7, 11) is 0. The van der Waals surface area contributed by atoms with E-state index in [1.54, 1.807) is 0 Å². The summed E-state index contributed by atoms with van der Waals surface area (Å²) in [6.45, 7) is 4.60. The van der Waals surface area contributed by atoms with Crippen LogP contribution in [0.5, 0.6) is 0 Å². The van der Waals surface area contributed by atoms with Crippen LogP contribution >= 0.6 is 0 Å². The van der Waals surface area contributed by atoms with Gasteiger partial charge < -0.3 is 15.7 Å². The van der Waals surface area contributed by atoms with E-state index in [0.717, 1.165) is 0 Å². The highest BCUT2D eigenvalue weighted by Crippen LogP contribution is 2.15. The standard InChI is InChI=1S/C12H22N2O3/c1-3-12(17,4-2)8-14-11(16)9-5-6-13-10(15)7-9/h9,17H,3-8H2,1-2H3,(H,13,15)(H,14,16). The van der Waals surface area contributed by atoms with Gasteiger partial charge in [-0.25, -0.2) is 0 Å². The number of carbonyl (C=O) groups excluding carboxylic acids is 2. The van der Waals surface area contributed by atoms with E-state index in [0.29, 0.717) is 25.8 Å². The number of nitrogens with one attached hydrogen (secondary N) is 2. The van der Waals surface area contributed by atoms with E-state index in [9.17, 15) is 14.7 Å². The summed E-state index contributed by atoms with van der Waals surface area (Å²) in [5, 5.41) is 15.5. The van der Waals surface area contributed by atoms with Crippen molar-refractivity contribution < 1.29 is 14.7 Å². The van der Waals surface area contributed by atoms with E-state index >= 15 is 0 Å². The van der Waals surface area contributed by atoms with E-state index in [1.807, 2.05) is 13.8 Å². The molecule has 0 saturated carbocycles. The number of aliphatic hydroxyl groups is 1. The van der Waals surface area contributed by atoms with Crippen molar-refractivity contribution >= 4 is 11.8 Å². The molecular weight excluding hydrogens is 220 g/mol. The molecule has 1 fully saturated rings. The highest BCUT2D eigenvalue weighted by Gasteiger charge is 2.28. The van der Waals surface area contributed by atoms with Gasteiger partial charge in [0.15, 0.2) is 0 Å². The molecule has 0 radical (unpaired) electrons. The summed E-state index contributed by atoms with van der Waals surface area (Å²) >= 11 is 0. The third-order valence-electron chi connectivity index (χ3n) is 3.53. The molecule has 1 saturated heterocycles. The molecule has 1 unspecified atom stereocenters. The summed E-state index contributed by atoms with van der Waals surface area (Å²) in [5.41, 5.74) is -0.827. The number of rotatable bonds is 5. The number of carbonyl (C=O) groups is 2. The van der Waals surface area contributed by atoms with Crippen LogP contribution in [0.3, 0.4) is 0 Å². The summed E-state index contributed by atoms with van der Waals surface area (Å²) in [5.74, 6) is -0.445. The molecule has 98 valence electrons. The summed E-state index contributed by atoms with van der Waals surface area (Å²) in [6.07, 6.45) is 2.14. The molecule has 1 aliphatic heterocycles. The monoisotopic (exact) mass is 242 g/mol. The van der Waals surface area contributed by atoms with Gasteiger partial charge in [0.2, 0.25) is 11.8 Å². The van der Waals surface area contributed by atoms with E-state index in [2.05, 4.69) is 10.6 Å². The molecular formula is C12H22N2O3. The second-order valence-electron chi connectivity index (χ2n) is 4.69. The van der Waals surface area contributed by atoms with Gasteiger partial charge in [0.25, 0.3) is 0 Å². The highest BCUT2D eigenvalue weighted by molar-refractivity contribution is 5.86. The van der Waals surface area contributed by atoms with Crippen LogP contribution < -0.4 is 10.6 Å². The largest absolute Gasteiger partial charge is 0.388 e. The van der Waals surface area contributed by atoms with Crippen molar-refractivity contribution in [2.24, 2.45) is 5.92 Å².